The van der Waals surface area contributed by atoms with Crippen molar-refractivity contribution in [1.29, 1.82) is 0 Å². The van der Waals surface area contributed by atoms with Crippen LogP contribution in [0.5, 0.6) is 0 Å². The van der Waals surface area contributed by atoms with E-state index in [9.17, 15) is 24.0 Å². The molecule has 44 heavy (non-hydrogen) atoms. The molecule has 6 rings (SSSR count). The highest BCUT2D eigenvalue weighted by molar-refractivity contribution is 6.25. The van der Waals surface area contributed by atoms with Crippen LogP contribution in [-0.2, 0) is 20.9 Å². The Bertz CT molecular complexity index is 1480. The number of ether oxygens (including phenoxy) is 1. The van der Waals surface area contributed by atoms with Crippen molar-refractivity contribution in [3.05, 3.63) is 65.2 Å². The number of rotatable bonds is 6. The highest BCUT2D eigenvalue weighted by atomic mass is 19.3. The summed E-state index contributed by atoms with van der Waals surface area (Å²) in [4.78, 5) is 66.8. The fourth-order valence-corrected chi connectivity index (χ4v) is 6.37. The van der Waals surface area contributed by atoms with Crippen molar-refractivity contribution >= 4 is 35.4 Å². The SMILES string of the molecule is O=C1CCC(N2C(=O)c3cccc(N4CCC(N5CCN(NC(=O)OCc6ccccc6)CC5)C(F)(F)C4)c3C2=O)C(=O)N1. The first-order valence-electron chi connectivity index (χ1n) is 14.6. The number of carbonyl (C=O) groups excluding carboxylic acids is 5. The second-order valence-corrected chi connectivity index (χ2v) is 11.3. The lowest BCUT2D eigenvalue weighted by Crippen LogP contribution is -2.63. The van der Waals surface area contributed by atoms with Crippen molar-refractivity contribution in [1.82, 2.24) is 25.6 Å². The van der Waals surface area contributed by atoms with Crippen LogP contribution in [0.25, 0.3) is 0 Å². The van der Waals surface area contributed by atoms with Gasteiger partial charge in [0, 0.05) is 39.1 Å². The predicted molar refractivity (Wildman–Crippen MR) is 152 cm³/mol. The summed E-state index contributed by atoms with van der Waals surface area (Å²) in [6.07, 6.45) is -0.506. The molecule has 4 aliphatic rings. The molecular weight excluding hydrogens is 578 g/mol. The van der Waals surface area contributed by atoms with Gasteiger partial charge in [-0.3, -0.25) is 39.7 Å². The zero-order valence-electron chi connectivity index (χ0n) is 23.8. The van der Waals surface area contributed by atoms with E-state index in [0.717, 1.165) is 10.5 Å². The summed E-state index contributed by atoms with van der Waals surface area (Å²) in [7, 11) is 0. The minimum absolute atomic E-state index is 0.00436. The van der Waals surface area contributed by atoms with Crippen LogP contribution in [0.4, 0.5) is 19.3 Å². The van der Waals surface area contributed by atoms with Gasteiger partial charge in [0.05, 0.1) is 29.4 Å². The molecule has 2 unspecified atom stereocenters. The van der Waals surface area contributed by atoms with Crippen LogP contribution in [0, 0.1) is 0 Å². The number of hydrazine groups is 1. The Kier molecular flexibility index (Phi) is 8.03. The highest BCUT2D eigenvalue weighted by Crippen LogP contribution is 2.39. The molecule has 2 N–H and O–H groups in total. The Hall–Kier alpha value is -4.43. The van der Waals surface area contributed by atoms with Gasteiger partial charge in [-0.15, -0.1) is 0 Å². The number of hydrogen-bond acceptors (Lipinski definition) is 9. The van der Waals surface area contributed by atoms with Crippen LogP contribution in [0.1, 0.15) is 45.5 Å². The molecule has 0 saturated carbocycles. The minimum Gasteiger partial charge on any atom is -0.444 e. The standard InChI is InChI=1S/C30H32F2N6O6/c31-30(32)18-36(21-8-4-7-20-25(21)28(42)38(27(20)41)22-9-10-24(39)33-26(22)40)12-11-23(30)35-13-15-37(16-14-35)34-29(43)44-17-19-5-2-1-3-6-19/h1-8,22-23H,9-18H2,(H,34,43)(H,33,39,40). The third-order valence-electron chi connectivity index (χ3n) is 8.57. The Morgan fingerprint density at radius 3 is 2.39 bits per heavy atom. The van der Waals surface area contributed by atoms with Gasteiger partial charge < -0.3 is 9.64 Å². The van der Waals surface area contributed by atoms with Gasteiger partial charge >= 0.3 is 6.09 Å². The number of nitrogens with zero attached hydrogens (tertiary/aromatic N) is 4. The Labute approximate surface area is 251 Å². The first kappa shape index (κ1) is 29.6. The van der Waals surface area contributed by atoms with Crippen molar-refractivity contribution in [2.75, 3.05) is 44.2 Å². The molecule has 0 aliphatic carbocycles. The molecule has 232 valence electrons. The van der Waals surface area contributed by atoms with Crippen LogP contribution in [0.3, 0.4) is 0 Å². The molecule has 3 fully saturated rings. The average Bonchev–Trinajstić information content (AvgIpc) is 3.26. The predicted octanol–water partition coefficient (Wildman–Crippen LogP) is 1.76. The topological polar surface area (TPSA) is 132 Å². The number of piperidine rings is 2. The molecule has 3 saturated heterocycles. The summed E-state index contributed by atoms with van der Waals surface area (Å²) >= 11 is 0. The third-order valence-corrected chi connectivity index (χ3v) is 8.57. The van der Waals surface area contributed by atoms with E-state index in [2.05, 4.69) is 10.7 Å². The second kappa shape index (κ2) is 11.9. The van der Waals surface area contributed by atoms with Gasteiger partial charge in [0.15, 0.2) is 0 Å². The smallest absolute Gasteiger partial charge is 0.422 e. The maximum Gasteiger partial charge on any atom is 0.422 e. The summed E-state index contributed by atoms with van der Waals surface area (Å²) in [5, 5.41) is 3.81. The fourth-order valence-electron chi connectivity index (χ4n) is 6.37. The quantitative estimate of drug-likeness (QED) is 0.470. The molecule has 5 amide bonds. The number of amides is 5. The van der Waals surface area contributed by atoms with Crippen molar-refractivity contribution in [2.24, 2.45) is 0 Å². The van der Waals surface area contributed by atoms with Crippen molar-refractivity contribution in [3.8, 4) is 0 Å². The van der Waals surface area contributed by atoms with E-state index in [0.29, 0.717) is 26.2 Å². The highest BCUT2D eigenvalue weighted by Gasteiger charge is 2.50. The van der Waals surface area contributed by atoms with Crippen molar-refractivity contribution in [3.63, 3.8) is 0 Å². The summed E-state index contributed by atoms with van der Waals surface area (Å²) < 4.78 is 36.7. The van der Waals surface area contributed by atoms with E-state index in [-0.39, 0.29) is 49.2 Å². The second-order valence-electron chi connectivity index (χ2n) is 11.3. The molecule has 4 heterocycles. The zero-order valence-corrected chi connectivity index (χ0v) is 23.8. The molecule has 4 aliphatic heterocycles. The van der Waals surface area contributed by atoms with E-state index in [4.69, 9.17) is 4.74 Å². The van der Waals surface area contributed by atoms with Gasteiger partial charge in [-0.1, -0.05) is 36.4 Å². The number of carbonyl (C=O) groups is 5. The number of imide groups is 2. The van der Waals surface area contributed by atoms with Crippen LogP contribution in [-0.4, -0.2) is 102 Å². The number of halogens is 2. The summed E-state index contributed by atoms with van der Waals surface area (Å²) in [5.41, 5.74) is 3.79. The lowest BCUT2D eigenvalue weighted by molar-refractivity contribution is -0.136. The zero-order chi connectivity index (χ0) is 31.0. The minimum atomic E-state index is -3.14. The van der Waals surface area contributed by atoms with E-state index in [1.807, 2.05) is 30.3 Å². The number of anilines is 1. The first-order valence-corrected chi connectivity index (χ1v) is 14.6. The summed E-state index contributed by atoms with van der Waals surface area (Å²) in [6.45, 7) is 1.00. The van der Waals surface area contributed by atoms with Crippen molar-refractivity contribution < 1.29 is 37.5 Å². The monoisotopic (exact) mass is 610 g/mol. The Morgan fingerprint density at radius 1 is 0.932 bits per heavy atom. The van der Waals surface area contributed by atoms with Crippen LogP contribution in [0.2, 0.25) is 0 Å². The molecule has 12 nitrogen and oxygen atoms in total. The van der Waals surface area contributed by atoms with Gasteiger partial charge in [0.1, 0.15) is 12.6 Å². The number of fused-ring (bicyclic) bond motifs is 1. The van der Waals surface area contributed by atoms with E-state index >= 15 is 8.78 Å². The normalized spacial score (nSPS) is 24.2. The summed E-state index contributed by atoms with van der Waals surface area (Å²) in [6, 6.07) is 11.6. The van der Waals surface area contributed by atoms with Crippen LogP contribution in [0.15, 0.2) is 48.5 Å². The number of alkyl halides is 2. The largest absolute Gasteiger partial charge is 0.444 e. The molecule has 14 heteroatoms. The van der Waals surface area contributed by atoms with Gasteiger partial charge in [-0.05, 0) is 30.5 Å². The molecule has 0 bridgehead atoms. The molecule has 0 spiro atoms. The van der Waals surface area contributed by atoms with Crippen LogP contribution < -0.4 is 15.6 Å². The first-order chi connectivity index (χ1) is 21.1. The number of piperazine rings is 1. The molecule has 2 aromatic rings. The maximum atomic E-state index is 15.7. The summed E-state index contributed by atoms with van der Waals surface area (Å²) in [5.74, 6) is -5.76. The fraction of sp³-hybridized carbons (Fsp3) is 0.433. The average molecular weight is 611 g/mol. The number of benzene rings is 2. The maximum absolute atomic E-state index is 15.7. The molecular formula is C30H32F2N6O6. The molecule has 0 radical (unpaired) electrons. The van der Waals surface area contributed by atoms with Gasteiger partial charge in [-0.2, -0.15) is 0 Å². The van der Waals surface area contributed by atoms with Crippen LogP contribution >= 0.6 is 0 Å². The third kappa shape index (κ3) is 5.74. The lowest BCUT2D eigenvalue weighted by Gasteiger charge is -2.46. The Morgan fingerprint density at radius 2 is 1.68 bits per heavy atom. The van der Waals surface area contributed by atoms with E-state index in [1.54, 1.807) is 9.91 Å². The van der Waals surface area contributed by atoms with Gasteiger partial charge in [-0.25, -0.2) is 18.6 Å². The van der Waals surface area contributed by atoms with E-state index < -0.39 is 54.3 Å². The van der Waals surface area contributed by atoms with Crippen molar-refractivity contribution in [2.45, 2.75) is 43.9 Å². The molecule has 2 aromatic carbocycles. The Balaban J connectivity index is 1.07. The molecule has 2 atom stereocenters. The number of hydrogen-bond donors (Lipinski definition) is 2. The molecule has 0 aromatic heterocycles. The van der Waals surface area contributed by atoms with Gasteiger partial charge in [0.2, 0.25) is 11.8 Å². The number of nitrogens with one attached hydrogen (secondary N) is 2. The lowest BCUT2D eigenvalue weighted by atomic mass is 9.96. The van der Waals surface area contributed by atoms with Gasteiger partial charge in [0.25, 0.3) is 17.7 Å². The van der Waals surface area contributed by atoms with E-state index in [1.165, 1.54) is 23.1 Å².